The van der Waals surface area contributed by atoms with Gasteiger partial charge in [0.2, 0.25) is 5.91 Å². The fraction of sp³-hybridized carbons (Fsp3) is 0.385. The number of aliphatic carboxylic acids is 2. The highest BCUT2D eigenvalue weighted by atomic mass is 16.6. The third-order valence-electron chi connectivity index (χ3n) is 8.12. The molecule has 3 amide bonds. The van der Waals surface area contributed by atoms with E-state index in [1.165, 1.54) is 74.9 Å². The van der Waals surface area contributed by atoms with Crippen molar-refractivity contribution in [2.24, 2.45) is 5.92 Å². The summed E-state index contributed by atoms with van der Waals surface area (Å²) in [6.45, 7) is 4.80. The largest absolute Gasteiger partial charge is 0.507 e. The summed E-state index contributed by atoms with van der Waals surface area (Å²) in [6.07, 6.45) is -0.132. The number of hydrogen-bond acceptors (Lipinski definition) is 12. The van der Waals surface area contributed by atoms with E-state index in [1.54, 1.807) is 20.8 Å². The Morgan fingerprint density at radius 2 is 1.50 bits per heavy atom. The molecule has 3 aromatic carbocycles. The number of carboxylic acids is 2. The summed E-state index contributed by atoms with van der Waals surface area (Å²) in [6, 6.07) is 13.3. The van der Waals surface area contributed by atoms with Gasteiger partial charge in [-0.2, -0.15) is 0 Å². The van der Waals surface area contributed by atoms with Gasteiger partial charge in [0, 0.05) is 25.2 Å². The lowest BCUT2D eigenvalue weighted by atomic mass is 9.97. The van der Waals surface area contributed by atoms with Crippen molar-refractivity contribution in [1.29, 1.82) is 0 Å². The SMILES string of the molecule is COC(=O)c1c(O)cccc1OCCCCNC(=O)C(Cc1ccc(N(CC(Cc2ccc(O)c(OC)c2)C(=O)O)C(=O)C(=O)O)cc1)NC(=O)OC(C)(C)C. The number of rotatable bonds is 18. The smallest absolute Gasteiger partial charge is 0.408 e. The molecule has 0 aliphatic rings. The van der Waals surface area contributed by atoms with Gasteiger partial charge in [-0.15, -0.1) is 0 Å². The lowest BCUT2D eigenvalue weighted by molar-refractivity contribution is -0.149. The minimum atomic E-state index is -1.81. The molecule has 0 aliphatic heterocycles. The van der Waals surface area contributed by atoms with Gasteiger partial charge in [-0.3, -0.25) is 14.4 Å². The molecular weight excluding hydrogens is 734 g/mol. The highest BCUT2D eigenvalue weighted by Crippen LogP contribution is 2.29. The van der Waals surface area contributed by atoms with Crippen LogP contribution in [-0.2, 0) is 41.5 Å². The number of aromatic hydroxyl groups is 2. The topological polar surface area (TPSA) is 248 Å². The maximum Gasteiger partial charge on any atom is 0.408 e. The summed E-state index contributed by atoms with van der Waals surface area (Å²) in [5, 5.41) is 44.8. The van der Waals surface area contributed by atoms with Crippen molar-refractivity contribution >= 4 is 41.5 Å². The molecule has 6 N–H and O–H groups in total. The molecule has 0 spiro atoms. The maximum absolute atomic E-state index is 13.3. The molecule has 2 unspecified atom stereocenters. The van der Waals surface area contributed by atoms with Crippen molar-refractivity contribution in [3.8, 4) is 23.0 Å². The number of alkyl carbamates (subject to hydrolysis) is 1. The van der Waals surface area contributed by atoms with Crippen LogP contribution in [0, 0.1) is 5.92 Å². The number of nitrogens with zero attached hydrogens (tertiary/aromatic N) is 1. The molecule has 0 saturated heterocycles. The Hall–Kier alpha value is -6.52. The average molecular weight is 782 g/mol. The van der Waals surface area contributed by atoms with Gasteiger partial charge in [0.05, 0.1) is 26.7 Å². The Bertz CT molecular complexity index is 1870. The van der Waals surface area contributed by atoms with Gasteiger partial charge < -0.3 is 54.9 Å². The van der Waals surface area contributed by atoms with Gasteiger partial charge in [0.25, 0.3) is 0 Å². The Morgan fingerprint density at radius 3 is 2.11 bits per heavy atom. The number of anilines is 1. The van der Waals surface area contributed by atoms with Crippen molar-refractivity contribution in [3.05, 3.63) is 77.4 Å². The number of amides is 3. The molecule has 0 aromatic heterocycles. The number of benzene rings is 3. The molecule has 17 nitrogen and oxygen atoms in total. The number of nitrogens with one attached hydrogen (secondary N) is 2. The van der Waals surface area contributed by atoms with Crippen LogP contribution in [-0.4, -0.2) is 102 Å². The lowest BCUT2D eigenvalue weighted by Crippen LogP contribution is -2.49. The molecule has 0 aliphatic carbocycles. The number of esters is 1. The number of carboxylic acid groups (broad SMARTS) is 2. The number of methoxy groups -OCH3 is 2. The van der Waals surface area contributed by atoms with E-state index in [0.29, 0.717) is 24.0 Å². The number of phenols is 2. The Labute approximate surface area is 323 Å². The molecule has 3 aromatic rings. The minimum Gasteiger partial charge on any atom is -0.507 e. The molecule has 56 heavy (non-hydrogen) atoms. The van der Waals surface area contributed by atoms with E-state index >= 15 is 0 Å². The molecule has 0 saturated carbocycles. The number of carbonyl (C=O) groups excluding carboxylic acids is 4. The monoisotopic (exact) mass is 781 g/mol. The summed E-state index contributed by atoms with van der Waals surface area (Å²) in [5.74, 6) is -7.22. The first-order valence-corrected chi connectivity index (χ1v) is 17.5. The zero-order valence-corrected chi connectivity index (χ0v) is 31.7. The van der Waals surface area contributed by atoms with E-state index in [9.17, 15) is 49.2 Å². The van der Waals surface area contributed by atoms with E-state index in [-0.39, 0.29) is 60.2 Å². The van der Waals surface area contributed by atoms with Crippen molar-refractivity contribution < 1.29 is 68.1 Å². The highest BCUT2D eigenvalue weighted by Gasteiger charge is 2.30. The van der Waals surface area contributed by atoms with Gasteiger partial charge >= 0.3 is 29.9 Å². The number of phenolic OH excluding ortho intramolecular Hbond substituents is 2. The fourth-order valence-electron chi connectivity index (χ4n) is 5.40. The first kappa shape index (κ1) is 43.9. The number of unbranched alkanes of at least 4 members (excludes halogenated alkanes) is 1. The minimum absolute atomic E-state index is 0.0460. The predicted octanol–water partition coefficient (Wildman–Crippen LogP) is 3.67. The van der Waals surface area contributed by atoms with Crippen LogP contribution >= 0.6 is 0 Å². The second-order valence-electron chi connectivity index (χ2n) is 13.5. The van der Waals surface area contributed by atoms with Crippen molar-refractivity contribution in [3.63, 3.8) is 0 Å². The quantitative estimate of drug-likeness (QED) is 0.0613. The first-order chi connectivity index (χ1) is 26.4. The molecule has 0 fully saturated rings. The van der Waals surface area contributed by atoms with Gasteiger partial charge in [-0.1, -0.05) is 24.3 Å². The molecule has 0 heterocycles. The molecule has 302 valence electrons. The van der Waals surface area contributed by atoms with E-state index in [0.717, 1.165) is 4.90 Å². The standard InChI is InChI=1S/C39H47N3O14/c1-39(2,3)56-38(52)41-27(33(45)40-17-6-7-18-55-30-10-8-9-29(44)32(30)37(51)54-5)20-23-11-14-26(15-12-23)42(34(46)36(49)50)22-25(35(47)48)19-24-13-16-28(43)31(21-24)53-4/h8-16,21,25,27,43-44H,6-7,17-20,22H2,1-5H3,(H,40,45)(H,41,52)(H,47,48)(H,49,50). The first-order valence-electron chi connectivity index (χ1n) is 17.5. The Kier molecular flexibility index (Phi) is 15.9. The van der Waals surface area contributed by atoms with Crippen molar-refractivity contribution in [1.82, 2.24) is 10.6 Å². The molecule has 2 atom stereocenters. The van der Waals surface area contributed by atoms with E-state index < -0.39 is 59.9 Å². The summed E-state index contributed by atoms with van der Waals surface area (Å²) in [5.41, 5.74) is 0.0640. The zero-order valence-electron chi connectivity index (χ0n) is 31.7. The number of carbonyl (C=O) groups is 6. The van der Waals surface area contributed by atoms with Crippen LogP contribution < -0.4 is 25.0 Å². The lowest BCUT2D eigenvalue weighted by Gasteiger charge is -2.25. The van der Waals surface area contributed by atoms with Gasteiger partial charge in [0.15, 0.2) is 11.5 Å². The Balaban J connectivity index is 1.72. The van der Waals surface area contributed by atoms with Crippen molar-refractivity contribution in [2.45, 2.75) is 58.1 Å². The number of hydrogen-bond donors (Lipinski definition) is 6. The number of ether oxygens (including phenoxy) is 4. The van der Waals surface area contributed by atoms with Gasteiger partial charge in [-0.25, -0.2) is 14.4 Å². The molecule has 0 bridgehead atoms. The summed E-state index contributed by atoms with van der Waals surface area (Å²) >= 11 is 0. The highest BCUT2D eigenvalue weighted by molar-refractivity contribution is 6.37. The normalized spacial score (nSPS) is 12.0. The third-order valence-corrected chi connectivity index (χ3v) is 8.12. The summed E-state index contributed by atoms with van der Waals surface area (Å²) < 4.78 is 20.8. The zero-order chi connectivity index (χ0) is 41.6. The van der Waals surface area contributed by atoms with E-state index in [2.05, 4.69) is 10.6 Å². The van der Waals surface area contributed by atoms with Crippen LogP contribution in [0.25, 0.3) is 0 Å². The predicted molar refractivity (Wildman–Crippen MR) is 200 cm³/mol. The molecule has 17 heteroatoms. The second-order valence-corrected chi connectivity index (χ2v) is 13.5. The van der Waals surface area contributed by atoms with Crippen LogP contribution in [0.15, 0.2) is 60.7 Å². The van der Waals surface area contributed by atoms with E-state index in [1.807, 2.05) is 0 Å². The van der Waals surface area contributed by atoms with Crippen molar-refractivity contribution in [2.75, 3.05) is 38.8 Å². The van der Waals surface area contributed by atoms with Crippen LogP contribution in [0.1, 0.15) is 55.1 Å². The Morgan fingerprint density at radius 1 is 0.821 bits per heavy atom. The molecule has 0 radical (unpaired) electrons. The van der Waals surface area contributed by atoms with Gasteiger partial charge in [-0.05, 0) is 87.6 Å². The third kappa shape index (κ3) is 13.1. The maximum atomic E-state index is 13.3. The van der Waals surface area contributed by atoms with E-state index in [4.69, 9.17) is 18.9 Å². The molecular formula is C39H47N3O14. The fourth-order valence-corrected chi connectivity index (χ4v) is 5.40. The van der Waals surface area contributed by atoms with Crippen LogP contribution in [0.5, 0.6) is 23.0 Å². The molecule has 3 rings (SSSR count). The summed E-state index contributed by atoms with van der Waals surface area (Å²) in [7, 11) is 2.51. The van der Waals surface area contributed by atoms with Crippen LogP contribution in [0.3, 0.4) is 0 Å². The summed E-state index contributed by atoms with van der Waals surface area (Å²) in [4.78, 5) is 75.8. The average Bonchev–Trinajstić information content (AvgIpc) is 3.13. The van der Waals surface area contributed by atoms with Crippen LogP contribution in [0.4, 0.5) is 10.5 Å². The second kappa shape index (κ2) is 20.2. The van der Waals surface area contributed by atoms with Gasteiger partial charge in [0.1, 0.15) is 28.7 Å². The van der Waals surface area contributed by atoms with Crippen LogP contribution in [0.2, 0.25) is 0 Å².